The van der Waals surface area contributed by atoms with Crippen molar-refractivity contribution in [1.29, 1.82) is 0 Å². The van der Waals surface area contributed by atoms with Crippen LogP contribution < -0.4 is 4.74 Å². The molecular formula is C15H21O3. The number of benzene rings is 1. The lowest BCUT2D eigenvalue weighted by Gasteiger charge is -2.10. The summed E-state index contributed by atoms with van der Waals surface area (Å²) in [4.78, 5) is 10.4. The van der Waals surface area contributed by atoms with Crippen molar-refractivity contribution in [2.45, 2.75) is 38.5 Å². The summed E-state index contributed by atoms with van der Waals surface area (Å²) in [6, 6.07) is 8.01. The van der Waals surface area contributed by atoms with Gasteiger partial charge < -0.3 is 9.84 Å². The summed E-state index contributed by atoms with van der Waals surface area (Å²) in [5.41, 5.74) is 1.21. The van der Waals surface area contributed by atoms with Gasteiger partial charge in [0.05, 0.1) is 6.61 Å². The van der Waals surface area contributed by atoms with E-state index in [1.165, 1.54) is 5.56 Å². The summed E-state index contributed by atoms with van der Waals surface area (Å²) in [6.07, 6.45) is 4.61. The van der Waals surface area contributed by atoms with Crippen LogP contribution in [0, 0.1) is 6.92 Å². The molecule has 1 radical (unpaired) electrons. The zero-order valence-corrected chi connectivity index (χ0v) is 10.7. The molecule has 0 heterocycles. The van der Waals surface area contributed by atoms with Crippen molar-refractivity contribution >= 4 is 5.97 Å². The van der Waals surface area contributed by atoms with Gasteiger partial charge in [0.15, 0.2) is 0 Å². The zero-order chi connectivity index (χ0) is 13.2. The summed E-state index contributed by atoms with van der Waals surface area (Å²) in [7, 11) is 0. The number of carboxylic acid groups (broad SMARTS) is 1. The predicted molar refractivity (Wildman–Crippen MR) is 71.7 cm³/mol. The SMILES string of the molecule is [CH2]CCCc1ccccc1OCCCCC(=O)O. The van der Waals surface area contributed by atoms with Gasteiger partial charge in [-0.25, -0.2) is 0 Å². The number of hydrogen-bond acceptors (Lipinski definition) is 2. The van der Waals surface area contributed by atoms with Crippen molar-refractivity contribution in [3.8, 4) is 5.75 Å². The first-order valence-electron chi connectivity index (χ1n) is 6.45. The minimum Gasteiger partial charge on any atom is -0.493 e. The van der Waals surface area contributed by atoms with E-state index in [2.05, 4.69) is 13.0 Å². The van der Waals surface area contributed by atoms with Gasteiger partial charge in [-0.2, -0.15) is 0 Å². The van der Waals surface area contributed by atoms with Crippen molar-refractivity contribution in [1.82, 2.24) is 0 Å². The van der Waals surface area contributed by atoms with E-state index in [0.29, 0.717) is 13.0 Å². The van der Waals surface area contributed by atoms with Crippen molar-refractivity contribution in [2.75, 3.05) is 6.61 Å². The molecule has 99 valence electrons. The monoisotopic (exact) mass is 249 g/mol. The normalized spacial score (nSPS) is 10.3. The zero-order valence-electron chi connectivity index (χ0n) is 10.7. The van der Waals surface area contributed by atoms with Crippen molar-refractivity contribution in [2.24, 2.45) is 0 Å². The third kappa shape index (κ3) is 5.71. The van der Waals surface area contributed by atoms with E-state index < -0.39 is 5.97 Å². The van der Waals surface area contributed by atoms with Crippen LogP contribution in [0.25, 0.3) is 0 Å². The maximum atomic E-state index is 10.4. The molecule has 1 aromatic carbocycles. The molecule has 1 N–H and O–H groups in total. The van der Waals surface area contributed by atoms with Gasteiger partial charge in [0.25, 0.3) is 0 Å². The molecule has 0 aliphatic heterocycles. The highest BCUT2D eigenvalue weighted by atomic mass is 16.5. The van der Waals surface area contributed by atoms with Crippen molar-refractivity contribution < 1.29 is 14.6 Å². The fourth-order valence-corrected chi connectivity index (χ4v) is 1.73. The third-order valence-electron chi connectivity index (χ3n) is 2.71. The molecule has 0 saturated carbocycles. The quantitative estimate of drug-likeness (QED) is 0.681. The van der Waals surface area contributed by atoms with E-state index >= 15 is 0 Å². The van der Waals surface area contributed by atoms with E-state index in [1.807, 2.05) is 18.2 Å². The summed E-state index contributed by atoms with van der Waals surface area (Å²) in [6.45, 7) is 4.42. The number of aliphatic carboxylic acids is 1. The molecule has 3 heteroatoms. The van der Waals surface area contributed by atoms with Crippen LogP contribution in [0.2, 0.25) is 0 Å². The molecular weight excluding hydrogens is 228 g/mol. The van der Waals surface area contributed by atoms with Crippen LogP contribution in [-0.4, -0.2) is 17.7 Å². The Labute approximate surface area is 109 Å². The van der Waals surface area contributed by atoms with Gasteiger partial charge >= 0.3 is 5.97 Å². The Morgan fingerprint density at radius 3 is 2.72 bits per heavy atom. The Morgan fingerprint density at radius 1 is 1.22 bits per heavy atom. The second kappa shape index (κ2) is 8.56. The number of aryl methyl sites for hydroxylation is 1. The number of rotatable bonds is 9. The summed E-state index contributed by atoms with van der Waals surface area (Å²) in [5.74, 6) is 0.173. The van der Waals surface area contributed by atoms with E-state index in [0.717, 1.165) is 31.4 Å². The van der Waals surface area contributed by atoms with Crippen LogP contribution in [0.5, 0.6) is 5.75 Å². The third-order valence-corrected chi connectivity index (χ3v) is 2.71. The molecule has 0 unspecified atom stereocenters. The van der Waals surface area contributed by atoms with Crippen LogP contribution in [0.1, 0.15) is 37.7 Å². The highest BCUT2D eigenvalue weighted by molar-refractivity contribution is 5.66. The lowest BCUT2D eigenvalue weighted by Crippen LogP contribution is -2.02. The highest BCUT2D eigenvalue weighted by Crippen LogP contribution is 2.20. The van der Waals surface area contributed by atoms with Crippen LogP contribution in [0.15, 0.2) is 24.3 Å². The maximum Gasteiger partial charge on any atom is 0.303 e. The molecule has 0 aliphatic rings. The lowest BCUT2D eigenvalue weighted by atomic mass is 10.1. The van der Waals surface area contributed by atoms with Gasteiger partial charge in [0.2, 0.25) is 0 Å². The molecule has 0 spiro atoms. The smallest absolute Gasteiger partial charge is 0.303 e. The molecule has 0 amide bonds. The number of carbonyl (C=O) groups is 1. The molecule has 0 aliphatic carbocycles. The highest BCUT2D eigenvalue weighted by Gasteiger charge is 2.02. The van der Waals surface area contributed by atoms with E-state index in [4.69, 9.17) is 9.84 Å². The van der Waals surface area contributed by atoms with Crippen LogP contribution >= 0.6 is 0 Å². The van der Waals surface area contributed by atoms with Crippen LogP contribution in [-0.2, 0) is 11.2 Å². The molecule has 1 rings (SSSR count). The number of ether oxygens (including phenoxy) is 1. The average Bonchev–Trinajstić information content (AvgIpc) is 2.36. The van der Waals surface area contributed by atoms with E-state index in [-0.39, 0.29) is 6.42 Å². The number of unbranched alkanes of at least 4 members (excludes halogenated alkanes) is 2. The Bertz CT molecular complexity index is 361. The minimum absolute atomic E-state index is 0.215. The predicted octanol–water partition coefficient (Wildman–Crippen LogP) is 3.48. The van der Waals surface area contributed by atoms with Gasteiger partial charge in [-0.1, -0.05) is 31.5 Å². The van der Waals surface area contributed by atoms with Gasteiger partial charge in [-0.3, -0.25) is 4.79 Å². The molecule has 18 heavy (non-hydrogen) atoms. The summed E-state index contributed by atoms with van der Waals surface area (Å²) >= 11 is 0. The Hall–Kier alpha value is -1.51. The van der Waals surface area contributed by atoms with Crippen LogP contribution in [0.3, 0.4) is 0 Å². The molecule has 1 aromatic rings. The molecule has 3 nitrogen and oxygen atoms in total. The average molecular weight is 249 g/mol. The second-order valence-electron chi connectivity index (χ2n) is 4.26. The lowest BCUT2D eigenvalue weighted by molar-refractivity contribution is -0.137. The largest absolute Gasteiger partial charge is 0.493 e. The minimum atomic E-state index is -0.745. The van der Waals surface area contributed by atoms with Gasteiger partial charge in [0.1, 0.15) is 5.75 Å². The first kappa shape index (κ1) is 14.6. The molecule has 0 atom stereocenters. The van der Waals surface area contributed by atoms with Crippen molar-refractivity contribution in [3.63, 3.8) is 0 Å². The Balaban J connectivity index is 2.34. The molecule has 0 saturated heterocycles. The Morgan fingerprint density at radius 2 is 2.00 bits per heavy atom. The van der Waals surface area contributed by atoms with Gasteiger partial charge in [0, 0.05) is 6.42 Å². The van der Waals surface area contributed by atoms with E-state index in [9.17, 15) is 4.79 Å². The first-order chi connectivity index (χ1) is 8.74. The van der Waals surface area contributed by atoms with Gasteiger partial charge in [-0.05, 0) is 37.3 Å². The fourth-order valence-electron chi connectivity index (χ4n) is 1.73. The maximum absolute atomic E-state index is 10.4. The second-order valence-corrected chi connectivity index (χ2v) is 4.26. The molecule has 0 bridgehead atoms. The number of para-hydroxylation sites is 1. The standard InChI is InChI=1S/C15H21O3/c1-2-3-8-13-9-4-5-10-14(13)18-12-7-6-11-15(16)17/h4-5,9-10H,1-3,6-8,11-12H2,(H,16,17). The topological polar surface area (TPSA) is 46.5 Å². The van der Waals surface area contributed by atoms with Gasteiger partial charge in [-0.15, -0.1) is 0 Å². The number of hydrogen-bond donors (Lipinski definition) is 1. The van der Waals surface area contributed by atoms with Crippen molar-refractivity contribution in [3.05, 3.63) is 36.8 Å². The fraction of sp³-hybridized carbons (Fsp3) is 0.467. The summed E-state index contributed by atoms with van der Waals surface area (Å²) < 4.78 is 5.70. The number of carboxylic acids is 1. The van der Waals surface area contributed by atoms with Crippen LogP contribution in [0.4, 0.5) is 0 Å². The molecule has 0 fully saturated rings. The summed E-state index contributed by atoms with van der Waals surface area (Å²) in [5, 5.41) is 8.52. The molecule has 0 aromatic heterocycles. The Kier molecular flexibility index (Phi) is 6.92. The van der Waals surface area contributed by atoms with E-state index in [1.54, 1.807) is 0 Å². The first-order valence-corrected chi connectivity index (χ1v) is 6.45.